The molecule has 2 amide bonds. The van der Waals surface area contributed by atoms with Crippen molar-refractivity contribution >= 4 is 27.7 Å². The number of sulfonamides is 1. The molecule has 0 aromatic heterocycles. The molecule has 2 aromatic carbocycles. The molecule has 1 atom stereocenters. The minimum Gasteiger partial charge on any atom is -0.445 e. The van der Waals surface area contributed by atoms with E-state index in [0.29, 0.717) is 11.3 Å². The fraction of sp³-hybridized carbons (Fsp3) is 0.304. The number of carbonyl (C=O) groups excluding carboxylic acids is 2. The van der Waals surface area contributed by atoms with Crippen LogP contribution in [-0.2, 0) is 31.9 Å². The zero-order valence-electron chi connectivity index (χ0n) is 18.2. The number of carbonyl (C=O) groups is 2. The number of hydrogen-bond acceptors (Lipinski definition) is 5. The van der Waals surface area contributed by atoms with Crippen molar-refractivity contribution in [3.05, 3.63) is 78.4 Å². The van der Waals surface area contributed by atoms with Gasteiger partial charge >= 0.3 is 6.09 Å². The van der Waals surface area contributed by atoms with E-state index in [0.717, 1.165) is 5.56 Å². The van der Waals surface area contributed by atoms with Gasteiger partial charge < -0.3 is 15.4 Å². The van der Waals surface area contributed by atoms with Gasteiger partial charge in [0.15, 0.2) is 0 Å². The van der Waals surface area contributed by atoms with E-state index in [-0.39, 0.29) is 24.8 Å². The maximum Gasteiger partial charge on any atom is 0.408 e. The topological polar surface area (TPSA) is 114 Å². The third kappa shape index (κ3) is 8.52. The van der Waals surface area contributed by atoms with Crippen molar-refractivity contribution in [2.75, 3.05) is 11.9 Å². The van der Waals surface area contributed by atoms with Gasteiger partial charge in [0.1, 0.15) is 12.6 Å². The maximum atomic E-state index is 12.7. The third-order valence-electron chi connectivity index (χ3n) is 4.46. The average molecular weight is 460 g/mol. The number of amides is 2. The van der Waals surface area contributed by atoms with Crippen LogP contribution in [0, 0.1) is 5.92 Å². The summed E-state index contributed by atoms with van der Waals surface area (Å²) in [5.74, 6) is -0.761. The Balaban J connectivity index is 1.92. The molecular weight excluding hydrogens is 430 g/mol. The Hall–Kier alpha value is -3.17. The molecule has 2 aromatic rings. The Labute approximate surface area is 189 Å². The van der Waals surface area contributed by atoms with Crippen LogP contribution in [-0.4, -0.2) is 33.0 Å². The molecule has 8 nitrogen and oxygen atoms in total. The van der Waals surface area contributed by atoms with Gasteiger partial charge in [-0.25, -0.2) is 17.9 Å². The Bertz CT molecular complexity index is 1010. The monoisotopic (exact) mass is 459 g/mol. The Morgan fingerprint density at radius 1 is 1.03 bits per heavy atom. The predicted octanol–water partition coefficient (Wildman–Crippen LogP) is 3.18. The number of nitrogens with one attached hydrogen (secondary N) is 3. The first-order valence-corrected chi connectivity index (χ1v) is 11.8. The smallest absolute Gasteiger partial charge is 0.408 e. The molecule has 2 rings (SSSR count). The zero-order valence-corrected chi connectivity index (χ0v) is 19.0. The van der Waals surface area contributed by atoms with Crippen LogP contribution in [0.2, 0.25) is 0 Å². The fourth-order valence-corrected chi connectivity index (χ4v) is 3.89. The lowest BCUT2D eigenvalue weighted by Crippen LogP contribution is -2.47. The molecule has 3 N–H and O–H groups in total. The summed E-state index contributed by atoms with van der Waals surface area (Å²) in [7, 11) is -3.47. The van der Waals surface area contributed by atoms with Gasteiger partial charge in [0.2, 0.25) is 15.9 Å². The third-order valence-corrected chi connectivity index (χ3v) is 5.78. The van der Waals surface area contributed by atoms with E-state index in [4.69, 9.17) is 4.74 Å². The van der Waals surface area contributed by atoms with Crippen LogP contribution in [0.25, 0.3) is 0 Å². The van der Waals surface area contributed by atoms with E-state index in [9.17, 15) is 18.0 Å². The van der Waals surface area contributed by atoms with Gasteiger partial charge in [-0.15, -0.1) is 6.58 Å². The van der Waals surface area contributed by atoms with Gasteiger partial charge in [0.25, 0.3) is 0 Å². The van der Waals surface area contributed by atoms with Gasteiger partial charge in [-0.1, -0.05) is 62.4 Å². The van der Waals surface area contributed by atoms with E-state index >= 15 is 0 Å². The van der Waals surface area contributed by atoms with E-state index in [1.165, 1.54) is 6.08 Å². The van der Waals surface area contributed by atoms with Crippen LogP contribution in [0.4, 0.5) is 10.5 Å². The fourth-order valence-electron chi connectivity index (χ4n) is 2.79. The number of anilines is 1. The van der Waals surface area contributed by atoms with Gasteiger partial charge in [0.05, 0.1) is 5.75 Å². The van der Waals surface area contributed by atoms with Crippen molar-refractivity contribution in [2.45, 2.75) is 32.2 Å². The van der Waals surface area contributed by atoms with Gasteiger partial charge in [-0.2, -0.15) is 0 Å². The van der Waals surface area contributed by atoms with E-state index in [2.05, 4.69) is 21.9 Å². The van der Waals surface area contributed by atoms with E-state index in [1.54, 1.807) is 24.3 Å². The number of alkyl carbamates (subject to hydrolysis) is 1. The molecule has 0 radical (unpaired) electrons. The molecule has 0 bridgehead atoms. The minimum absolute atomic E-state index is 0.102. The van der Waals surface area contributed by atoms with Crippen molar-refractivity contribution in [1.82, 2.24) is 10.0 Å². The summed E-state index contributed by atoms with van der Waals surface area (Å²) in [6.45, 7) is 7.36. The molecule has 9 heteroatoms. The summed E-state index contributed by atoms with van der Waals surface area (Å²) in [5.41, 5.74) is 1.90. The second-order valence-corrected chi connectivity index (χ2v) is 9.32. The van der Waals surface area contributed by atoms with Gasteiger partial charge in [0, 0.05) is 12.2 Å². The highest BCUT2D eigenvalue weighted by atomic mass is 32.2. The van der Waals surface area contributed by atoms with Gasteiger partial charge in [-0.05, 0) is 29.2 Å². The molecule has 172 valence electrons. The second kappa shape index (κ2) is 12.0. The second-order valence-electron chi connectivity index (χ2n) is 7.51. The van der Waals surface area contributed by atoms with Crippen molar-refractivity contribution < 1.29 is 22.7 Å². The summed E-state index contributed by atoms with van der Waals surface area (Å²) in [6.07, 6.45) is 0.780. The highest BCUT2D eigenvalue weighted by molar-refractivity contribution is 7.88. The van der Waals surface area contributed by atoms with Crippen LogP contribution in [0.5, 0.6) is 0 Å². The first-order valence-electron chi connectivity index (χ1n) is 10.2. The molecule has 0 unspecified atom stereocenters. The molecule has 32 heavy (non-hydrogen) atoms. The molecule has 0 aliphatic heterocycles. The van der Waals surface area contributed by atoms with Crippen molar-refractivity contribution in [3.63, 3.8) is 0 Å². The standard InChI is InChI=1S/C23H29N3O5S/c1-4-14-24-32(29,30)16-19-10-12-20(13-11-19)25-22(27)21(17(2)3)26-23(28)31-15-18-8-6-5-7-9-18/h4-13,17,21,24H,1,14-16H2,2-3H3,(H,25,27)(H,26,28)/t21-/m0/s1. The van der Waals surface area contributed by atoms with Crippen molar-refractivity contribution in [2.24, 2.45) is 5.92 Å². The lowest BCUT2D eigenvalue weighted by atomic mass is 10.0. The lowest BCUT2D eigenvalue weighted by Gasteiger charge is -2.21. The summed E-state index contributed by atoms with van der Waals surface area (Å²) >= 11 is 0. The Morgan fingerprint density at radius 3 is 2.28 bits per heavy atom. The SMILES string of the molecule is C=CCNS(=O)(=O)Cc1ccc(NC(=O)[C@@H](NC(=O)OCc2ccccc2)C(C)C)cc1. The van der Waals surface area contributed by atoms with Crippen LogP contribution in [0.3, 0.4) is 0 Å². The summed E-state index contributed by atoms with van der Waals surface area (Å²) in [4.78, 5) is 24.9. The highest BCUT2D eigenvalue weighted by Gasteiger charge is 2.25. The highest BCUT2D eigenvalue weighted by Crippen LogP contribution is 2.14. The molecule has 0 saturated heterocycles. The quantitative estimate of drug-likeness (QED) is 0.447. The van der Waals surface area contributed by atoms with Gasteiger partial charge in [-0.3, -0.25) is 4.79 Å². The maximum absolute atomic E-state index is 12.7. The Morgan fingerprint density at radius 2 is 1.69 bits per heavy atom. The lowest BCUT2D eigenvalue weighted by molar-refractivity contribution is -0.119. The first-order chi connectivity index (χ1) is 15.2. The number of benzene rings is 2. The molecule has 0 aliphatic rings. The first kappa shape index (κ1) is 25.1. The van der Waals surface area contributed by atoms with Crippen LogP contribution in [0.1, 0.15) is 25.0 Å². The zero-order chi connectivity index (χ0) is 23.6. The van der Waals surface area contributed by atoms with E-state index < -0.39 is 28.1 Å². The predicted molar refractivity (Wildman–Crippen MR) is 124 cm³/mol. The van der Waals surface area contributed by atoms with Crippen LogP contribution >= 0.6 is 0 Å². The molecule has 0 heterocycles. The van der Waals surface area contributed by atoms with Crippen LogP contribution in [0.15, 0.2) is 67.3 Å². The van der Waals surface area contributed by atoms with E-state index in [1.807, 2.05) is 44.2 Å². The Kier molecular flexibility index (Phi) is 9.42. The molecule has 0 saturated carbocycles. The molecular formula is C23H29N3O5S. The summed E-state index contributed by atoms with van der Waals surface area (Å²) < 4.78 is 31.5. The minimum atomic E-state index is -3.47. The average Bonchev–Trinajstić information content (AvgIpc) is 2.76. The van der Waals surface area contributed by atoms with Crippen LogP contribution < -0.4 is 15.4 Å². The summed E-state index contributed by atoms with van der Waals surface area (Å²) in [6, 6.07) is 14.9. The largest absolute Gasteiger partial charge is 0.445 e. The molecule has 0 spiro atoms. The number of rotatable bonds is 11. The van der Waals surface area contributed by atoms with Crippen molar-refractivity contribution in [3.8, 4) is 0 Å². The number of ether oxygens (including phenoxy) is 1. The molecule has 0 fully saturated rings. The normalized spacial score (nSPS) is 12.1. The van der Waals surface area contributed by atoms with Crippen molar-refractivity contribution in [1.29, 1.82) is 0 Å². The summed E-state index contributed by atoms with van der Waals surface area (Å²) in [5, 5.41) is 5.34. The number of hydrogen-bond donors (Lipinski definition) is 3. The molecule has 0 aliphatic carbocycles.